The first-order valence-electron chi connectivity index (χ1n) is 11.6. The Balaban J connectivity index is 2.49. The molecule has 2 amide bonds. The number of rotatable bonds is 12. The van der Waals surface area contributed by atoms with Gasteiger partial charge in [-0.1, -0.05) is 68.2 Å². The van der Waals surface area contributed by atoms with Crippen molar-refractivity contribution in [1.82, 2.24) is 14.5 Å². The Morgan fingerprint density at radius 2 is 1.67 bits per heavy atom. The van der Waals surface area contributed by atoms with E-state index >= 15 is 0 Å². The van der Waals surface area contributed by atoms with E-state index in [0.29, 0.717) is 34.3 Å². The molecule has 2 aromatic carbocycles. The average Bonchev–Trinajstić information content (AvgIpc) is 2.82. The monoisotopic (exact) mass is 556 g/mol. The number of benzene rings is 2. The van der Waals surface area contributed by atoms with Crippen LogP contribution in [0, 0.1) is 5.92 Å². The molecule has 0 aliphatic heterocycles. The summed E-state index contributed by atoms with van der Waals surface area (Å²) in [5.74, 6) is -0.631. The molecule has 0 unspecified atom stereocenters. The van der Waals surface area contributed by atoms with Crippen molar-refractivity contribution in [3.63, 3.8) is 0 Å². The fourth-order valence-corrected chi connectivity index (χ4v) is 5.01. The molecule has 0 bridgehead atoms. The van der Waals surface area contributed by atoms with Crippen LogP contribution in [0.5, 0.6) is 0 Å². The SMILES string of the molecule is CC[C@H](C(=O)NCC(C)C)N(Cc1ccc(Cl)cc1Cl)C(=O)CN(c1ccccc1)S(=O)(=O)N(C)C. The molecule has 0 saturated carbocycles. The van der Waals surface area contributed by atoms with Crippen LogP contribution in [0.1, 0.15) is 32.8 Å². The van der Waals surface area contributed by atoms with Crippen LogP contribution in [0.3, 0.4) is 0 Å². The van der Waals surface area contributed by atoms with Crippen molar-refractivity contribution in [2.75, 3.05) is 31.5 Å². The van der Waals surface area contributed by atoms with Crippen molar-refractivity contribution in [3.05, 3.63) is 64.1 Å². The Morgan fingerprint density at radius 1 is 1.03 bits per heavy atom. The third kappa shape index (κ3) is 7.83. The summed E-state index contributed by atoms with van der Waals surface area (Å²) in [6.45, 7) is 5.71. The van der Waals surface area contributed by atoms with Gasteiger partial charge in [-0.25, -0.2) is 4.31 Å². The number of hydrogen-bond acceptors (Lipinski definition) is 4. The lowest BCUT2D eigenvalue weighted by Crippen LogP contribution is -2.53. The zero-order chi connectivity index (χ0) is 27.0. The summed E-state index contributed by atoms with van der Waals surface area (Å²) >= 11 is 12.4. The minimum atomic E-state index is -4.01. The van der Waals surface area contributed by atoms with Crippen molar-refractivity contribution >= 4 is 50.9 Å². The standard InChI is InChI=1S/C25H34Cl2N4O4S/c1-6-23(25(33)28-15-18(2)3)30(16-19-12-13-20(26)14-22(19)27)24(32)17-31(36(34,35)29(4)5)21-10-8-7-9-11-21/h7-14,18,23H,6,15-17H2,1-5H3,(H,28,33)/t23-/m1/s1. The topological polar surface area (TPSA) is 90.0 Å². The molecule has 0 aromatic heterocycles. The van der Waals surface area contributed by atoms with Gasteiger partial charge < -0.3 is 10.2 Å². The number of nitrogens with zero attached hydrogens (tertiary/aromatic N) is 3. The number of para-hydroxylation sites is 1. The Hall–Kier alpha value is -2.33. The summed E-state index contributed by atoms with van der Waals surface area (Å²) in [4.78, 5) is 28.3. The van der Waals surface area contributed by atoms with Crippen molar-refractivity contribution in [2.24, 2.45) is 5.92 Å². The molecular weight excluding hydrogens is 523 g/mol. The number of amides is 2. The maximum Gasteiger partial charge on any atom is 0.304 e. The Bertz CT molecular complexity index is 1140. The molecule has 0 aliphatic rings. The van der Waals surface area contributed by atoms with E-state index in [1.807, 2.05) is 13.8 Å². The van der Waals surface area contributed by atoms with Crippen LogP contribution in [-0.2, 0) is 26.3 Å². The van der Waals surface area contributed by atoms with Crippen LogP contribution >= 0.6 is 23.2 Å². The molecule has 198 valence electrons. The van der Waals surface area contributed by atoms with Gasteiger partial charge in [-0.2, -0.15) is 12.7 Å². The molecule has 0 saturated heterocycles. The largest absolute Gasteiger partial charge is 0.354 e. The molecule has 2 aromatic rings. The van der Waals surface area contributed by atoms with E-state index in [9.17, 15) is 18.0 Å². The van der Waals surface area contributed by atoms with E-state index in [1.54, 1.807) is 55.5 Å². The lowest BCUT2D eigenvalue weighted by molar-refractivity contribution is -0.140. The second-order valence-corrected chi connectivity index (χ2v) is 11.9. The molecule has 1 atom stereocenters. The normalized spacial score (nSPS) is 12.5. The summed E-state index contributed by atoms with van der Waals surface area (Å²) in [6.07, 6.45) is 0.326. The molecular formula is C25H34Cl2N4O4S. The molecule has 36 heavy (non-hydrogen) atoms. The number of anilines is 1. The maximum atomic E-state index is 13.8. The van der Waals surface area contributed by atoms with Gasteiger partial charge in [0.25, 0.3) is 0 Å². The third-order valence-corrected chi connectivity index (χ3v) is 7.90. The van der Waals surface area contributed by atoms with E-state index in [4.69, 9.17) is 23.2 Å². The quantitative estimate of drug-likeness (QED) is 0.424. The molecule has 2 rings (SSSR count). The van der Waals surface area contributed by atoms with Gasteiger partial charge in [0.2, 0.25) is 11.8 Å². The van der Waals surface area contributed by atoms with Crippen LogP contribution in [0.2, 0.25) is 10.0 Å². The van der Waals surface area contributed by atoms with Crippen LogP contribution in [0.15, 0.2) is 48.5 Å². The van der Waals surface area contributed by atoms with E-state index in [1.165, 1.54) is 19.0 Å². The number of nitrogens with one attached hydrogen (secondary N) is 1. The third-order valence-electron chi connectivity index (χ3n) is 5.49. The Morgan fingerprint density at radius 3 is 2.19 bits per heavy atom. The number of halogens is 2. The maximum absolute atomic E-state index is 13.8. The minimum absolute atomic E-state index is 0.00703. The zero-order valence-electron chi connectivity index (χ0n) is 21.2. The van der Waals surface area contributed by atoms with Crippen LogP contribution in [0.25, 0.3) is 0 Å². The van der Waals surface area contributed by atoms with Crippen LogP contribution < -0.4 is 9.62 Å². The van der Waals surface area contributed by atoms with Gasteiger partial charge in [0.1, 0.15) is 12.6 Å². The zero-order valence-corrected chi connectivity index (χ0v) is 23.6. The molecule has 0 aliphatic carbocycles. The number of carbonyl (C=O) groups excluding carboxylic acids is 2. The summed E-state index contributed by atoms with van der Waals surface area (Å²) in [5, 5.41) is 3.67. The van der Waals surface area contributed by atoms with Crippen LogP contribution in [0.4, 0.5) is 5.69 Å². The Kier molecular flexibility index (Phi) is 11.0. The predicted molar refractivity (Wildman–Crippen MR) is 145 cm³/mol. The second kappa shape index (κ2) is 13.3. The van der Waals surface area contributed by atoms with E-state index in [2.05, 4.69) is 5.32 Å². The summed E-state index contributed by atoms with van der Waals surface area (Å²) < 4.78 is 28.4. The smallest absolute Gasteiger partial charge is 0.304 e. The molecule has 1 N–H and O–H groups in total. The van der Waals surface area contributed by atoms with E-state index in [-0.39, 0.29) is 18.4 Å². The minimum Gasteiger partial charge on any atom is -0.354 e. The van der Waals surface area contributed by atoms with Crippen molar-refractivity contribution in [2.45, 2.75) is 39.8 Å². The molecule has 0 radical (unpaired) electrons. The fraction of sp³-hybridized carbons (Fsp3) is 0.440. The lowest BCUT2D eigenvalue weighted by atomic mass is 10.1. The molecule has 0 spiro atoms. The van der Waals surface area contributed by atoms with Gasteiger partial charge in [-0.05, 0) is 42.2 Å². The average molecular weight is 558 g/mol. The van der Waals surface area contributed by atoms with Crippen molar-refractivity contribution in [1.29, 1.82) is 0 Å². The highest BCUT2D eigenvalue weighted by atomic mass is 35.5. The van der Waals surface area contributed by atoms with Gasteiger partial charge in [-0.15, -0.1) is 0 Å². The highest BCUT2D eigenvalue weighted by molar-refractivity contribution is 7.90. The fourth-order valence-electron chi connectivity index (χ4n) is 3.49. The van der Waals surface area contributed by atoms with E-state index < -0.39 is 28.7 Å². The van der Waals surface area contributed by atoms with Gasteiger partial charge in [-0.3, -0.25) is 9.59 Å². The Labute approximate surface area is 224 Å². The number of carbonyl (C=O) groups is 2. The molecule has 0 heterocycles. The molecule has 0 fully saturated rings. The van der Waals surface area contributed by atoms with Gasteiger partial charge in [0.05, 0.1) is 5.69 Å². The van der Waals surface area contributed by atoms with Gasteiger partial charge in [0.15, 0.2) is 0 Å². The first-order valence-corrected chi connectivity index (χ1v) is 13.8. The summed E-state index contributed by atoms with van der Waals surface area (Å²) in [6, 6.07) is 12.4. The van der Waals surface area contributed by atoms with Gasteiger partial charge in [0, 0.05) is 37.2 Å². The number of hydrogen-bond donors (Lipinski definition) is 1. The van der Waals surface area contributed by atoms with Crippen molar-refractivity contribution < 1.29 is 18.0 Å². The summed E-state index contributed by atoms with van der Waals surface area (Å²) in [7, 11) is -1.21. The van der Waals surface area contributed by atoms with E-state index in [0.717, 1.165) is 8.61 Å². The predicted octanol–water partition coefficient (Wildman–Crippen LogP) is 4.19. The highest BCUT2D eigenvalue weighted by Crippen LogP contribution is 2.25. The van der Waals surface area contributed by atoms with Crippen molar-refractivity contribution in [3.8, 4) is 0 Å². The lowest BCUT2D eigenvalue weighted by Gasteiger charge is -2.34. The summed E-state index contributed by atoms with van der Waals surface area (Å²) in [5.41, 5.74) is 0.924. The first-order chi connectivity index (χ1) is 16.9. The first kappa shape index (κ1) is 29.9. The molecule has 8 nitrogen and oxygen atoms in total. The van der Waals surface area contributed by atoms with Gasteiger partial charge >= 0.3 is 10.2 Å². The second-order valence-electron chi connectivity index (χ2n) is 8.95. The highest BCUT2D eigenvalue weighted by Gasteiger charge is 2.34. The van der Waals surface area contributed by atoms with Crippen LogP contribution in [-0.4, -0.2) is 62.7 Å². The molecule has 11 heteroatoms.